The third kappa shape index (κ3) is 3.21. The first kappa shape index (κ1) is 13.3. The number of aliphatic hydroxyl groups excluding tert-OH is 1. The smallest absolute Gasteiger partial charge is 0.146 e. The van der Waals surface area contributed by atoms with E-state index in [1.54, 1.807) is 6.07 Å². The van der Waals surface area contributed by atoms with Gasteiger partial charge in [-0.05, 0) is 37.6 Å². The standard InChI is InChI=1S/C14H21FN2O/c1-16-6-8-17(9-7-16)14-5-4-12(3-2-10-18)11-13(14)15/h4-5,11,18H,2-3,6-10H2,1H3. The fraction of sp³-hybridized carbons (Fsp3) is 0.571. The summed E-state index contributed by atoms with van der Waals surface area (Å²) in [5.41, 5.74) is 1.66. The maximum absolute atomic E-state index is 14.0. The van der Waals surface area contributed by atoms with Crippen LogP contribution < -0.4 is 4.90 Å². The Labute approximate surface area is 108 Å². The molecular formula is C14H21FN2O. The number of piperazine rings is 1. The first-order chi connectivity index (χ1) is 8.70. The lowest BCUT2D eigenvalue weighted by molar-refractivity contribution is 0.288. The number of hydrogen-bond acceptors (Lipinski definition) is 3. The van der Waals surface area contributed by atoms with Gasteiger partial charge in [0.15, 0.2) is 0 Å². The highest BCUT2D eigenvalue weighted by Gasteiger charge is 2.17. The highest BCUT2D eigenvalue weighted by atomic mass is 19.1. The van der Waals surface area contributed by atoms with Crippen molar-refractivity contribution in [1.82, 2.24) is 4.90 Å². The maximum Gasteiger partial charge on any atom is 0.146 e. The second-order valence-electron chi connectivity index (χ2n) is 4.90. The predicted molar refractivity (Wildman–Crippen MR) is 71.5 cm³/mol. The van der Waals surface area contributed by atoms with Crippen LogP contribution in [0.5, 0.6) is 0 Å². The summed E-state index contributed by atoms with van der Waals surface area (Å²) < 4.78 is 14.0. The van der Waals surface area contributed by atoms with E-state index in [4.69, 9.17) is 5.11 Å². The van der Waals surface area contributed by atoms with Gasteiger partial charge < -0.3 is 14.9 Å². The Balaban J connectivity index is 2.05. The van der Waals surface area contributed by atoms with Gasteiger partial charge in [-0.2, -0.15) is 0 Å². The lowest BCUT2D eigenvalue weighted by atomic mass is 10.1. The third-order valence-electron chi connectivity index (χ3n) is 3.48. The van der Waals surface area contributed by atoms with E-state index >= 15 is 0 Å². The van der Waals surface area contributed by atoms with Gasteiger partial charge in [-0.1, -0.05) is 6.07 Å². The van der Waals surface area contributed by atoms with Crippen molar-refractivity contribution in [3.8, 4) is 0 Å². The molecule has 1 aromatic rings. The maximum atomic E-state index is 14.0. The van der Waals surface area contributed by atoms with Gasteiger partial charge in [0.1, 0.15) is 5.82 Å². The monoisotopic (exact) mass is 252 g/mol. The van der Waals surface area contributed by atoms with Crippen LogP contribution in [-0.4, -0.2) is 49.8 Å². The molecule has 0 atom stereocenters. The molecule has 1 saturated heterocycles. The average molecular weight is 252 g/mol. The number of benzene rings is 1. The minimum absolute atomic E-state index is 0.144. The molecule has 100 valence electrons. The van der Waals surface area contributed by atoms with Crippen molar-refractivity contribution in [2.75, 3.05) is 44.7 Å². The Morgan fingerprint density at radius 3 is 2.56 bits per heavy atom. The second-order valence-corrected chi connectivity index (χ2v) is 4.90. The molecule has 1 aliphatic heterocycles. The normalized spacial score (nSPS) is 17.2. The van der Waals surface area contributed by atoms with Crippen molar-refractivity contribution in [2.24, 2.45) is 0 Å². The Morgan fingerprint density at radius 1 is 1.22 bits per heavy atom. The number of nitrogens with zero attached hydrogens (tertiary/aromatic N) is 2. The molecule has 18 heavy (non-hydrogen) atoms. The van der Waals surface area contributed by atoms with Crippen LogP contribution in [0.4, 0.5) is 10.1 Å². The van der Waals surface area contributed by atoms with E-state index in [-0.39, 0.29) is 12.4 Å². The van der Waals surface area contributed by atoms with E-state index in [0.717, 1.165) is 38.2 Å². The van der Waals surface area contributed by atoms with Crippen LogP contribution in [0.1, 0.15) is 12.0 Å². The summed E-state index contributed by atoms with van der Waals surface area (Å²) in [5, 5.41) is 8.77. The molecule has 0 bridgehead atoms. The Hall–Kier alpha value is -1.13. The lowest BCUT2D eigenvalue weighted by Gasteiger charge is -2.34. The van der Waals surface area contributed by atoms with Gasteiger partial charge in [0, 0.05) is 32.8 Å². The summed E-state index contributed by atoms with van der Waals surface area (Å²) in [5.74, 6) is -0.144. The average Bonchev–Trinajstić information content (AvgIpc) is 2.38. The van der Waals surface area contributed by atoms with E-state index in [1.807, 2.05) is 12.1 Å². The van der Waals surface area contributed by atoms with Gasteiger partial charge in [-0.25, -0.2) is 4.39 Å². The molecular weight excluding hydrogens is 231 g/mol. The van der Waals surface area contributed by atoms with Gasteiger partial charge in [0.05, 0.1) is 5.69 Å². The van der Waals surface area contributed by atoms with E-state index in [1.165, 1.54) is 0 Å². The Bertz CT molecular complexity index is 389. The first-order valence-corrected chi connectivity index (χ1v) is 6.53. The molecule has 0 aliphatic carbocycles. The van der Waals surface area contributed by atoms with Crippen LogP contribution >= 0.6 is 0 Å². The van der Waals surface area contributed by atoms with E-state index in [0.29, 0.717) is 12.1 Å². The Morgan fingerprint density at radius 2 is 1.94 bits per heavy atom. The molecule has 2 rings (SSSR count). The van der Waals surface area contributed by atoms with Crippen LogP contribution in [0.3, 0.4) is 0 Å². The van der Waals surface area contributed by atoms with Crippen molar-refractivity contribution in [3.63, 3.8) is 0 Å². The number of rotatable bonds is 4. The molecule has 0 amide bonds. The van der Waals surface area contributed by atoms with Crippen LogP contribution in [-0.2, 0) is 6.42 Å². The number of aliphatic hydroxyl groups is 1. The molecule has 3 nitrogen and oxygen atoms in total. The van der Waals surface area contributed by atoms with E-state index in [2.05, 4.69) is 16.8 Å². The summed E-state index contributed by atoms with van der Waals surface area (Å²) in [7, 11) is 2.09. The van der Waals surface area contributed by atoms with Gasteiger partial charge in [-0.3, -0.25) is 0 Å². The fourth-order valence-electron chi connectivity index (χ4n) is 2.29. The number of anilines is 1. The van der Waals surface area contributed by atoms with E-state index in [9.17, 15) is 4.39 Å². The zero-order valence-corrected chi connectivity index (χ0v) is 10.9. The molecule has 4 heteroatoms. The summed E-state index contributed by atoms with van der Waals surface area (Å²) in [4.78, 5) is 4.36. The lowest BCUT2D eigenvalue weighted by Crippen LogP contribution is -2.44. The van der Waals surface area contributed by atoms with Crippen molar-refractivity contribution in [3.05, 3.63) is 29.6 Å². The molecule has 0 saturated carbocycles. The number of aryl methyl sites for hydroxylation is 1. The van der Waals surface area contributed by atoms with Crippen molar-refractivity contribution >= 4 is 5.69 Å². The topological polar surface area (TPSA) is 26.7 Å². The molecule has 0 aromatic heterocycles. The molecule has 0 unspecified atom stereocenters. The summed E-state index contributed by atoms with van der Waals surface area (Å²) in [6, 6.07) is 5.43. The molecule has 1 heterocycles. The number of hydrogen-bond donors (Lipinski definition) is 1. The van der Waals surface area contributed by atoms with Crippen LogP contribution in [0.2, 0.25) is 0 Å². The van der Waals surface area contributed by atoms with Crippen LogP contribution in [0.15, 0.2) is 18.2 Å². The molecule has 1 fully saturated rings. The second kappa shape index (κ2) is 6.16. The SMILES string of the molecule is CN1CCN(c2ccc(CCCO)cc2F)CC1. The Kier molecular flexibility index (Phi) is 4.55. The summed E-state index contributed by atoms with van der Waals surface area (Å²) in [6.45, 7) is 3.87. The zero-order valence-electron chi connectivity index (χ0n) is 10.9. The number of halogens is 1. The largest absolute Gasteiger partial charge is 0.396 e. The first-order valence-electron chi connectivity index (χ1n) is 6.53. The quantitative estimate of drug-likeness (QED) is 0.880. The van der Waals surface area contributed by atoms with Gasteiger partial charge >= 0.3 is 0 Å². The number of likely N-dealkylation sites (N-methyl/N-ethyl adjacent to an activating group) is 1. The molecule has 1 aliphatic rings. The van der Waals surface area contributed by atoms with Crippen molar-refractivity contribution < 1.29 is 9.50 Å². The summed E-state index contributed by atoms with van der Waals surface area (Å²) >= 11 is 0. The van der Waals surface area contributed by atoms with Crippen molar-refractivity contribution in [1.29, 1.82) is 0 Å². The zero-order chi connectivity index (χ0) is 13.0. The van der Waals surface area contributed by atoms with Gasteiger partial charge in [-0.15, -0.1) is 0 Å². The fourth-order valence-corrected chi connectivity index (χ4v) is 2.29. The third-order valence-corrected chi connectivity index (χ3v) is 3.48. The minimum Gasteiger partial charge on any atom is -0.396 e. The van der Waals surface area contributed by atoms with Crippen molar-refractivity contribution in [2.45, 2.75) is 12.8 Å². The molecule has 0 radical (unpaired) electrons. The predicted octanol–water partition coefficient (Wildman–Crippen LogP) is 1.50. The highest BCUT2D eigenvalue weighted by Crippen LogP contribution is 2.22. The highest BCUT2D eigenvalue weighted by molar-refractivity contribution is 5.49. The van der Waals surface area contributed by atoms with Crippen LogP contribution in [0, 0.1) is 5.82 Å². The van der Waals surface area contributed by atoms with Gasteiger partial charge in [0.25, 0.3) is 0 Å². The molecule has 1 aromatic carbocycles. The molecule has 1 N–H and O–H groups in total. The molecule has 0 spiro atoms. The van der Waals surface area contributed by atoms with E-state index < -0.39 is 0 Å². The van der Waals surface area contributed by atoms with Gasteiger partial charge in [0.2, 0.25) is 0 Å². The summed E-state index contributed by atoms with van der Waals surface area (Å²) in [6.07, 6.45) is 1.42. The van der Waals surface area contributed by atoms with Crippen LogP contribution in [0.25, 0.3) is 0 Å². The minimum atomic E-state index is -0.144.